The van der Waals surface area contributed by atoms with Crippen LogP contribution >= 0.6 is 0 Å². The van der Waals surface area contributed by atoms with Crippen LogP contribution in [-0.4, -0.2) is 55.2 Å². The number of amides is 2. The molecule has 1 aliphatic heterocycles. The van der Waals surface area contributed by atoms with Crippen LogP contribution in [-0.2, 0) is 21.4 Å². The number of rotatable bonds is 10. The van der Waals surface area contributed by atoms with Crippen LogP contribution in [0.4, 0.5) is 5.69 Å². The normalized spacial score (nSPS) is 14.2. The maximum absolute atomic E-state index is 13.0. The number of benzene rings is 2. The number of nitrogens with zero attached hydrogens (tertiary/aromatic N) is 2. The summed E-state index contributed by atoms with van der Waals surface area (Å²) in [5.74, 6) is 0.167. The molecule has 9 heteroatoms. The zero-order chi connectivity index (χ0) is 24.9. The number of hydrogen-bond acceptors (Lipinski definition) is 5. The summed E-state index contributed by atoms with van der Waals surface area (Å²) in [5, 5.41) is 2.81. The highest BCUT2D eigenvalue weighted by Gasteiger charge is 2.24. The summed E-state index contributed by atoms with van der Waals surface area (Å²) in [6.07, 6.45) is 1.31. The van der Waals surface area contributed by atoms with Crippen molar-refractivity contribution in [3.63, 3.8) is 0 Å². The molecule has 0 aliphatic carbocycles. The van der Waals surface area contributed by atoms with Gasteiger partial charge in [-0.3, -0.25) is 9.59 Å². The molecule has 0 spiro atoms. The second-order valence-electron chi connectivity index (χ2n) is 8.48. The number of ether oxygens (including phenoxy) is 1. The lowest BCUT2D eigenvalue weighted by molar-refractivity contribution is -0.128. The highest BCUT2D eigenvalue weighted by Crippen LogP contribution is 2.30. The Morgan fingerprint density at radius 1 is 1.12 bits per heavy atom. The number of carbonyl (C=O) groups excluding carboxylic acids is 2. The van der Waals surface area contributed by atoms with E-state index in [0.717, 1.165) is 18.5 Å². The Balaban J connectivity index is 1.83. The van der Waals surface area contributed by atoms with E-state index in [1.165, 1.54) is 16.4 Å². The van der Waals surface area contributed by atoms with Gasteiger partial charge in [-0.25, -0.2) is 8.42 Å². The molecule has 1 fully saturated rings. The van der Waals surface area contributed by atoms with Crippen molar-refractivity contribution < 1.29 is 22.7 Å². The Labute approximate surface area is 201 Å². The van der Waals surface area contributed by atoms with Crippen LogP contribution in [0.1, 0.15) is 56.5 Å². The van der Waals surface area contributed by atoms with Gasteiger partial charge in [0.15, 0.2) is 0 Å². The third-order valence-corrected chi connectivity index (χ3v) is 7.71. The molecule has 1 saturated heterocycles. The van der Waals surface area contributed by atoms with Crippen LogP contribution in [0.3, 0.4) is 0 Å². The number of carbonyl (C=O) groups is 2. The second-order valence-corrected chi connectivity index (χ2v) is 10.4. The molecular formula is C25H33N3O5S. The van der Waals surface area contributed by atoms with Gasteiger partial charge in [-0.2, -0.15) is 4.31 Å². The lowest BCUT2D eigenvalue weighted by atomic mass is 10.1. The van der Waals surface area contributed by atoms with E-state index < -0.39 is 10.0 Å². The Hall–Kier alpha value is -2.91. The van der Waals surface area contributed by atoms with Crippen molar-refractivity contribution >= 4 is 27.5 Å². The Morgan fingerprint density at radius 2 is 1.79 bits per heavy atom. The van der Waals surface area contributed by atoms with Gasteiger partial charge in [0.25, 0.3) is 5.91 Å². The summed E-state index contributed by atoms with van der Waals surface area (Å²) in [7, 11) is -3.70. The molecule has 2 amide bonds. The minimum atomic E-state index is -3.70. The van der Waals surface area contributed by atoms with Gasteiger partial charge in [-0.1, -0.05) is 26.0 Å². The molecule has 3 rings (SSSR count). The number of nitrogens with one attached hydrogen (secondary N) is 1. The number of likely N-dealkylation sites (tertiary alicyclic amines) is 1. The van der Waals surface area contributed by atoms with E-state index in [2.05, 4.69) is 5.32 Å². The standard InChI is InChI=1S/C25H33N3O5S/c1-5-28(6-2)34(31,32)21-13-14-23(33-18(3)4)22(16-21)26-25(30)20-11-9-19(10-12-20)17-27-15-7-8-24(27)29/h9-14,16,18H,5-8,15,17H2,1-4H3,(H,26,30). The van der Waals surface area contributed by atoms with Crippen LogP contribution < -0.4 is 10.1 Å². The average molecular weight is 488 g/mol. The van der Waals surface area contributed by atoms with E-state index in [1.807, 2.05) is 30.9 Å². The molecule has 0 radical (unpaired) electrons. The molecule has 0 atom stereocenters. The van der Waals surface area contributed by atoms with E-state index in [0.29, 0.717) is 43.1 Å². The third kappa shape index (κ3) is 5.95. The lowest BCUT2D eigenvalue weighted by Crippen LogP contribution is -2.30. The molecule has 184 valence electrons. The molecule has 0 bridgehead atoms. The van der Waals surface area contributed by atoms with Gasteiger partial charge in [0.2, 0.25) is 15.9 Å². The first-order chi connectivity index (χ1) is 16.1. The fraction of sp³-hybridized carbons (Fsp3) is 0.440. The van der Waals surface area contributed by atoms with Gasteiger partial charge in [0, 0.05) is 38.2 Å². The first-order valence-electron chi connectivity index (χ1n) is 11.6. The van der Waals surface area contributed by atoms with E-state index in [4.69, 9.17) is 4.74 Å². The van der Waals surface area contributed by atoms with Crippen molar-refractivity contribution in [1.29, 1.82) is 0 Å². The van der Waals surface area contributed by atoms with E-state index in [1.54, 1.807) is 32.0 Å². The van der Waals surface area contributed by atoms with Crippen LogP contribution in [0.15, 0.2) is 47.4 Å². The Bertz CT molecular complexity index is 1130. The minimum Gasteiger partial charge on any atom is -0.489 e. The highest BCUT2D eigenvalue weighted by molar-refractivity contribution is 7.89. The fourth-order valence-corrected chi connectivity index (χ4v) is 5.37. The second kappa shape index (κ2) is 11.0. The number of sulfonamides is 1. The fourth-order valence-electron chi connectivity index (χ4n) is 3.88. The molecule has 8 nitrogen and oxygen atoms in total. The monoisotopic (exact) mass is 487 g/mol. The maximum Gasteiger partial charge on any atom is 0.255 e. The molecule has 0 aromatic heterocycles. The van der Waals surface area contributed by atoms with E-state index in [9.17, 15) is 18.0 Å². The molecule has 34 heavy (non-hydrogen) atoms. The van der Waals surface area contributed by atoms with Crippen molar-refractivity contribution in [3.8, 4) is 5.75 Å². The van der Waals surface area contributed by atoms with Crippen molar-refractivity contribution in [1.82, 2.24) is 9.21 Å². The SMILES string of the molecule is CCN(CC)S(=O)(=O)c1ccc(OC(C)C)c(NC(=O)c2ccc(CN3CCCC3=O)cc2)c1. The van der Waals surface area contributed by atoms with Crippen molar-refractivity contribution in [3.05, 3.63) is 53.6 Å². The summed E-state index contributed by atoms with van der Waals surface area (Å²) in [4.78, 5) is 26.7. The first-order valence-corrected chi connectivity index (χ1v) is 13.1. The van der Waals surface area contributed by atoms with Crippen molar-refractivity contribution in [2.45, 2.75) is 58.1 Å². The van der Waals surface area contributed by atoms with Gasteiger partial charge in [-0.05, 0) is 56.2 Å². The van der Waals surface area contributed by atoms with Crippen molar-refractivity contribution in [2.24, 2.45) is 0 Å². The van der Waals surface area contributed by atoms with E-state index >= 15 is 0 Å². The Kier molecular flexibility index (Phi) is 8.33. The van der Waals surface area contributed by atoms with Gasteiger partial charge < -0.3 is 15.0 Å². The first kappa shape index (κ1) is 25.7. The molecule has 2 aromatic carbocycles. The zero-order valence-electron chi connectivity index (χ0n) is 20.2. The smallest absolute Gasteiger partial charge is 0.255 e. The summed E-state index contributed by atoms with van der Waals surface area (Å²) in [6, 6.07) is 11.6. The third-order valence-electron chi connectivity index (χ3n) is 5.67. The summed E-state index contributed by atoms with van der Waals surface area (Å²) in [6.45, 7) is 9.25. The molecular weight excluding hydrogens is 454 g/mol. The van der Waals surface area contributed by atoms with Gasteiger partial charge in [0.1, 0.15) is 5.75 Å². The zero-order valence-corrected chi connectivity index (χ0v) is 21.0. The molecule has 1 N–H and O–H groups in total. The maximum atomic E-state index is 13.0. The molecule has 2 aromatic rings. The van der Waals surface area contributed by atoms with E-state index in [-0.39, 0.29) is 22.8 Å². The minimum absolute atomic E-state index is 0.0910. The molecule has 1 aliphatic rings. The van der Waals surface area contributed by atoms with Crippen molar-refractivity contribution in [2.75, 3.05) is 25.0 Å². The molecule has 0 saturated carbocycles. The predicted molar refractivity (Wildman–Crippen MR) is 131 cm³/mol. The topological polar surface area (TPSA) is 96.0 Å². The van der Waals surface area contributed by atoms with Crippen LogP contribution in [0.25, 0.3) is 0 Å². The number of hydrogen-bond donors (Lipinski definition) is 1. The van der Waals surface area contributed by atoms with Crippen LogP contribution in [0, 0.1) is 0 Å². The summed E-state index contributed by atoms with van der Waals surface area (Å²) >= 11 is 0. The van der Waals surface area contributed by atoms with Gasteiger partial charge in [0.05, 0.1) is 16.7 Å². The van der Waals surface area contributed by atoms with Gasteiger partial charge in [-0.15, -0.1) is 0 Å². The predicted octanol–water partition coefficient (Wildman–Crippen LogP) is 3.88. The number of anilines is 1. The largest absolute Gasteiger partial charge is 0.489 e. The van der Waals surface area contributed by atoms with Crippen LogP contribution in [0.5, 0.6) is 5.75 Å². The summed E-state index contributed by atoms with van der Waals surface area (Å²) < 4.78 is 33.1. The molecule has 0 unspecified atom stereocenters. The quantitative estimate of drug-likeness (QED) is 0.549. The summed E-state index contributed by atoms with van der Waals surface area (Å²) in [5.41, 5.74) is 1.66. The van der Waals surface area contributed by atoms with Gasteiger partial charge >= 0.3 is 0 Å². The highest BCUT2D eigenvalue weighted by atomic mass is 32.2. The average Bonchev–Trinajstić information content (AvgIpc) is 3.20. The molecule has 1 heterocycles. The lowest BCUT2D eigenvalue weighted by Gasteiger charge is -2.20. The van der Waals surface area contributed by atoms with Crippen LogP contribution in [0.2, 0.25) is 0 Å². The Morgan fingerprint density at radius 3 is 2.35 bits per heavy atom.